The number of halogens is 1. The molecule has 0 bridgehead atoms. The van der Waals surface area contributed by atoms with Crippen LogP contribution in [0.2, 0.25) is 5.02 Å². The molecule has 24 heavy (non-hydrogen) atoms. The largest absolute Gasteiger partial charge is 0.496 e. The van der Waals surface area contributed by atoms with E-state index in [-0.39, 0.29) is 12.3 Å². The smallest absolute Gasteiger partial charge is 0.239 e. The van der Waals surface area contributed by atoms with Crippen molar-refractivity contribution >= 4 is 33.2 Å². The number of benzene rings is 1. The minimum atomic E-state index is -3.74. The number of pyridine rings is 1. The number of rotatable bonds is 7. The van der Waals surface area contributed by atoms with Crippen LogP contribution in [0.25, 0.3) is 0 Å². The fraction of sp³-hybridized carbons (Fsp3) is 0.200. The maximum atomic E-state index is 12.1. The number of nitrogens with one attached hydrogen (secondary N) is 2. The van der Waals surface area contributed by atoms with Crippen molar-refractivity contribution in [2.24, 2.45) is 0 Å². The van der Waals surface area contributed by atoms with Crippen molar-refractivity contribution in [1.82, 2.24) is 9.71 Å². The average Bonchev–Trinajstić information content (AvgIpc) is 2.54. The molecule has 0 fully saturated rings. The van der Waals surface area contributed by atoms with Gasteiger partial charge in [-0.3, -0.25) is 9.78 Å². The van der Waals surface area contributed by atoms with Gasteiger partial charge in [0.2, 0.25) is 15.9 Å². The van der Waals surface area contributed by atoms with Gasteiger partial charge in [-0.25, -0.2) is 13.1 Å². The molecular formula is C15H16ClN3O4S. The molecule has 1 aromatic heterocycles. The van der Waals surface area contributed by atoms with Crippen LogP contribution in [-0.4, -0.2) is 33.0 Å². The van der Waals surface area contributed by atoms with E-state index in [0.29, 0.717) is 22.0 Å². The van der Waals surface area contributed by atoms with E-state index in [9.17, 15) is 13.2 Å². The van der Waals surface area contributed by atoms with E-state index in [0.717, 1.165) is 0 Å². The quantitative estimate of drug-likeness (QED) is 0.775. The predicted octanol–water partition coefficient (Wildman–Crippen LogP) is 1.80. The van der Waals surface area contributed by atoms with Gasteiger partial charge in [0.15, 0.2) is 0 Å². The third kappa shape index (κ3) is 5.48. The Kier molecular flexibility index (Phi) is 6.13. The molecule has 0 saturated carbocycles. The van der Waals surface area contributed by atoms with E-state index in [2.05, 4.69) is 15.0 Å². The predicted molar refractivity (Wildman–Crippen MR) is 91.5 cm³/mol. The van der Waals surface area contributed by atoms with Crippen molar-refractivity contribution in [3.63, 3.8) is 0 Å². The van der Waals surface area contributed by atoms with Crippen molar-refractivity contribution in [3.8, 4) is 5.75 Å². The maximum absolute atomic E-state index is 12.1. The van der Waals surface area contributed by atoms with Crippen LogP contribution in [0.3, 0.4) is 0 Å². The molecule has 9 heteroatoms. The summed E-state index contributed by atoms with van der Waals surface area (Å²) in [4.78, 5) is 15.6. The first-order valence-corrected chi connectivity index (χ1v) is 8.92. The first kappa shape index (κ1) is 18.2. The van der Waals surface area contributed by atoms with Gasteiger partial charge in [0.1, 0.15) is 5.75 Å². The highest BCUT2D eigenvalue weighted by Crippen LogP contribution is 2.24. The molecule has 0 aliphatic carbocycles. The summed E-state index contributed by atoms with van der Waals surface area (Å²) in [5.74, 6) is -0.439. The van der Waals surface area contributed by atoms with Gasteiger partial charge in [-0.15, -0.1) is 0 Å². The lowest BCUT2D eigenvalue weighted by atomic mass is 10.2. The summed E-state index contributed by atoms with van der Waals surface area (Å²) in [6.45, 7) is -0.389. The van der Waals surface area contributed by atoms with Gasteiger partial charge in [0.05, 0.1) is 31.3 Å². The van der Waals surface area contributed by atoms with Gasteiger partial charge in [0, 0.05) is 16.8 Å². The number of methoxy groups -OCH3 is 1. The molecule has 0 aliphatic heterocycles. The second-order valence-electron chi connectivity index (χ2n) is 4.83. The fourth-order valence-corrected chi connectivity index (χ4v) is 3.22. The fourth-order valence-electron chi connectivity index (χ4n) is 1.93. The standard InChI is InChI=1S/C15H16ClN3O4S/c1-23-14-5-4-12(16)7-11(14)10-24(21,22)18-9-15(20)19-13-3-2-6-17-8-13/h2-8,18H,9-10H2,1H3,(H,19,20). The van der Waals surface area contributed by atoms with Crippen LogP contribution in [0.5, 0.6) is 5.75 Å². The molecule has 1 amide bonds. The van der Waals surface area contributed by atoms with E-state index >= 15 is 0 Å². The second kappa shape index (κ2) is 8.09. The highest BCUT2D eigenvalue weighted by Gasteiger charge is 2.16. The van der Waals surface area contributed by atoms with Crippen molar-refractivity contribution in [3.05, 3.63) is 53.3 Å². The number of carbonyl (C=O) groups is 1. The number of anilines is 1. The highest BCUT2D eigenvalue weighted by atomic mass is 35.5. The summed E-state index contributed by atoms with van der Waals surface area (Å²) in [6.07, 6.45) is 3.03. The summed E-state index contributed by atoms with van der Waals surface area (Å²) in [6, 6.07) is 8.00. The Bertz CT molecular complexity index is 813. The molecule has 1 aromatic carbocycles. The van der Waals surface area contributed by atoms with E-state index in [1.165, 1.54) is 19.4 Å². The lowest BCUT2D eigenvalue weighted by molar-refractivity contribution is -0.115. The van der Waals surface area contributed by atoms with Gasteiger partial charge in [0.25, 0.3) is 0 Å². The van der Waals surface area contributed by atoms with Gasteiger partial charge < -0.3 is 10.1 Å². The number of sulfonamides is 1. The number of hydrogen-bond donors (Lipinski definition) is 2. The number of carbonyl (C=O) groups excluding carboxylic acids is 1. The molecule has 2 rings (SSSR count). The number of ether oxygens (including phenoxy) is 1. The molecule has 1 heterocycles. The first-order chi connectivity index (χ1) is 11.4. The molecule has 7 nitrogen and oxygen atoms in total. The third-order valence-corrected chi connectivity index (χ3v) is 4.50. The van der Waals surface area contributed by atoms with Gasteiger partial charge >= 0.3 is 0 Å². The molecule has 0 aliphatic rings. The first-order valence-electron chi connectivity index (χ1n) is 6.89. The lowest BCUT2D eigenvalue weighted by Gasteiger charge is -2.11. The van der Waals surface area contributed by atoms with Crippen molar-refractivity contribution < 1.29 is 17.9 Å². The Labute approximate surface area is 145 Å². The van der Waals surface area contributed by atoms with Gasteiger partial charge in [-0.05, 0) is 30.3 Å². The molecule has 0 spiro atoms. The van der Waals surface area contributed by atoms with Crippen molar-refractivity contribution in [1.29, 1.82) is 0 Å². The highest BCUT2D eigenvalue weighted by molar-refractivity contribution is 7.88. The Morgan fingerprint density at radius 1 is 1.33 bits per heavy atom. The van der Waals surface area contributed by atoms with E-state index < -0.39 is 15.9 Å². The number of hydrogen-bond acceptors (Lipinski definition) is 5. The van der Waals surface area contributed by atoms with Crippen LogP contribution in [0.4, 0.5) is 5.69 Å². The Balaban J connectivity index is 1.96. The molecule has 0 unspecified atom stereocenters. The number of amides is 1. The SMILES string of the molecule is COc1ccc(Cl)cc1CS(=O)(=O)NCC(=O)Nc1cccnc1. The number of aromatic nitrogens is 1. The third-order valence-electron chi connectivity index (χ3n) is 2.99. The zero-order valence-electron chi connectivity index (χ0n) is 12.8. The van der Waals surface area contributed by atoms with Crippen LogP contribution in [0.1, 0.15) is 5.56 Å². The van der Waals surface area contributed by atoms with Crippen LogP contribution >= 0.6 is 11.6 Å². The Morgan fingerprint density at radius 3 is 2.79 bits per heavy atom. The van der Waals surface area contributed by atoms with E-state index in [4.69, 9.17) is 16.3 Å². The Hall–Kier alpha value is -2.16. The van der Waals surface area contributed by atoms with Crippen LogP contribution in [0.15, 0.2) is 42.7 Å². The van der Waals surface area contributed by atoms with Crippen LogP contribution in [0, 0.1) is 0 Å². The summed E-state index contributed by atoms with van der Waals surface area (Å²) in [7, 11) is -2.30. The summed E-state index contributed by atoms with van der Waals surface area (Å²) in [5, 5.41) is 2.93. The van der Waals surface area contributed by atoms with E-state index in [1.54, 1.807) is 30.5 Å². The molecular weight excluding hydrogens is 354 g/mol. The molecule has 0 saturated heterocycles. The molecule has 2 N–H and O–H groups in total. The van der Waals surface area contributed by atoms with Gasteiger partial charge in [-0.2, -0.15) is 0 Å². The topological polar surface area (TPSA) is 97.4 Å². The Morgan fingerprint density at radius 2 is 2.12 bits per heavy atom. The van der Waals surface area contributed by atoms with Crippen molar-refractivity contribution in [2.75, 3.05) is 19.0 Å². The molecule has 2 aromatic rings. The minimum Gasteiger partial charge on any atom is -0.496 e. The summed E-state index contributed by atoms with van der Waals surface area (Å²) >= 11 is 5.88. The maximum Gasteiger partial charge on any atom is 0.239 e. The monoisotopic (exact) mass is 369 g/mol. The average molecular weight is 370 g/mol. The van der Waals surface area contributed by atoms with Gasteiger partial charge in [-0.1, -0.05) is 11.6 Å². The number of nitrogens with zero attached hydrogens (tertiary/aromatic N) is 1. The zero-order valence-corrected chi connectivity index (χ0v) is 14.4. The van der Waals surface area contributed by atoms with Crippen LogP contribution in [-0.2, 0) is 20.6 Å². The van der Waals surface area contributed by atoms with Crippen molar-refractivity contribution in [2.45, 2.75) is 5.75 Å². The molecule has 0 atom stereocenters. The summed E-state index contributed by atoms with van der Waals surface area (Å²) < 4.78 is 31.6. The minimum absolute atomic E-state index is 0.350. The zero-order chi connectivity index (χ0) is 17.6. The second-order valence-corrected chi connectivity index (χ2v) is 7.07. The molecule has 0 radical (unpaired) electrons. The lowest BCUT2D eigenvalue weighted by Crippen LogP contribution is -2.33. The van der Waals surface area contributed by atoms with Crippen LogP contribution < -0.4 is 14.8 Å². The summed E-state index contributed by atoms with van der Waals surface area (Å²) in [5.41, 5.74) is 0.892. The normalized spacial score (nSPS) is 11.1. The molecule has 128 valence electrons. The van der Waals surface area contributed by atoms with E-state index in [1.807, 2.05) is 0 Å².